The second-order valence-corrected chi connectivity index (χ2v) is 8.21. The summed E-state index contributed by atoms with van der Waals surface area (Å²) in [6.45, 7) is 9.86. The number of piperidine rings is 1. The van der Waals surface area contributed by atoms with Crippen LogP contribution in [0.2, 0.25) is 0 Å². The van der Waals surface area contributed by atoms with Crippen LogP contribution in [0.1, 0.15) is 39.3 Å². The lowest BCUT2D eigenvalue weighted by Gasteiger charge is -2.38. The van der Waals surface area contributed by atoms with Crippen LogP contribution < -0.4 is 5.32 Å². The lowest BCUT2D eigenvalue weighted by molar-refractivity contribution is -0.120. The van der Waals surface area contributed by atoms with Gasteiger partial charge in [0.2, 0.25) is 5.91 Å². The van der Waals surface area contributed by atoms with Gasteiger partial charge in [-0.25, -0.2) is 4.98 Å². The molecule has 0 unspecified atom stereocenters. The first-order valence-electron chi connectivity index (χ1n) is 8.94. The van der Waals surface area contributed by atoms with Crippen molar-refractivity contribution < 1.29 is 4.79 Å². The summed E-state index contributed by atoms with van der Waals surface area (Å²) >= 11 is 1.59. The van der Waals surface area contributed by atoms with Crippen molar-refractivity contribution in [2.45, 2.75) is 46.1 Å². The van der Waals surface area contributed by atoms with E-state index in [0.29, 0.717) is 18.4 Å². The van der Waals surface area contributed by atoms with E-state index in [0.717, 1.165) is 36.2 Å². The van der Waals surface area contributed by atoms with Gasteiger partial charge in [-0.1, -0.05) is 20.8 Å². The van der Waals surface area contributed by atoms with Crippen LogP contribution in [0, 0.1) is 11.8 Å². The van der Waals surface area contributed by atoms with Gasteiger partial charge >= 0.3 is 0 Å². The molecule has 0 spiro atoms. The largest absolute Gasteiger partial charge is 0.354 e. The predicted molar refractivity (Wildman–Crippen MR) is 98.4 cm³/mol. The maximum absolute atomic E-state index is 12.3. The second-order valence-electron chi connectivity index (χ2n) is 7.34. The van der Waals surface area contributed by atoms with Crippen molar-refractivity contribution in [3.63, 3.8) is 0 Å². The highest BCUT2D eigenvalue weighted by molar-refractivity contribution is 7.15. The Kier molecular flexibility index (Phi) is 5.56. The molecule has 1 N–H and O–H groups in total. The van der Waals surface area contributed by atoms with Crippen molar-refractivity contribution in [1.29, 1.82) is 0 Å². The van der Waals surface area contributed by atoms with E-state index in [1.807, 2.05) is 22.2 Å². The molecule has 2 aromatic rings. The quantitative estimate of drug-likeness (QED) is 0.873. The van der Waals surface area contributed by atoms with Gasteiger partial charge in [-0.2, -0.15) is 0 Å². The Balaban J connectivity index is 1.52. The number of fused-ring (bicyclic) bond motifs is 1. The van der Waals surface area contributed by atoms with Gasteiger partial charge in [0.1, 0.15) is 0 Å². The maximum atomic E-state index is 12.3. The molecular formula is C18H28N4OS. The van der Waals surface area contributed by atoms with Crippen LogP contribution >= 0.6 is 11.3 Å². The minimum atomic E-state index is 0.0665. The fourth-order valence-electron chi connectivity index (χ4n) is 3.45. The number of nitrogens with one attached hydrogen (secondary N) is 1. The Morgan fingerprint density at radius 2 is 2.17 bits per heavy atom. The molecule has 132 valence electrons. The average molecular weight is 349 g/mol. The lowest BCUT2D eigenvalue weighted by Crippen LogP contribution is -2.49. The summed E-state index contributed by atoms with van der Waals surface area (Å²) in [6, 6.07) is 0.423. The van der Waals surface area contributed by atoms with Crippen LogP contribution in [0.3, 0.4) is 0 Å². The van der Waals surface area contributed by atoms with Crippen molar-refractivity contribution in [3.05, 3.63) is 23.5 Å². The zero-order chi connectivity index (χ0) is 17.1. The number of rotatable bonds is 6. The molecule has 0 radical (unpaired) electrons. The minimum Gasteiger partial charge on any atom is -0.354 e. The predicted octanol–water partition coefficient (Wildman–Crippen LogP) is 2.81. The topological polar surface area (TPSA) is 49.6 Å². The van der Waals surface area contributed by atoms with Crippen molar-refractivity contribution in [2.75, 3.05) is 19.6 Å². The summed E-state index contributed by atoms with van der Waals surface area (Å²) in [5.41, 5.74) is 0.840. The van der Waals surface area contributed by atoms with E-state index in [9.17, 15) is 4.79 Å². The van der Waals surface area contributed by atoms with Gasteiger partial charge in [0.15, 0.2) is 4.96 Å². The first-order valence-corrected chi connectivity index (χ1v) is 9.82. The summed E-state index contributed by atoms with van der Waals surface area (Å²) < 4.78 is 1.97. The van der Waals surface area contributed by atoms with Crippen LogP contribution in [0.15, 0.2) is 17.8 Å². The molecule has 0 saturated carbocycles. The highest BCUT2D eigenvalue weighted by Crippen LogP contribution is 2.21. The Hall–Kier alpha value is -1.40. The number of hydrogen-bond acceptors (Lipinski definition) is 4. The van der Waals surface area contributed by atoms with Crippen molar-refractivity contribution in [2.24, 2.45) is 11.8 Å². The summed E-state index contributed by atoms with van der Waals surface area (Å²) in [7, 11) is 0. The van der Waals surface area contributed by atoms with Crippen LogP contribution in [0.5, 0.6) is 0 Å². The zero-order valence-corrected chi connectivity index (χ0v) is 15.7. The molecule has 1 aliphatic rings. The molecule has 1 fully saturated rings. The number of likely N-dealkylation sites (tertiary alicyclic amines) is 1. The molecule has 24 heavy (non-hydrogen) atoms. The number of hydrogen-bond donors (Lipinski definition) is 1. The summed E-state index contributed by atoms with van der Waals surface area (Å²) in [5.74, 6) is 1.44. The van der Waals surface area contributed by atoms with E-state index in [1.165, 1.54) is 12.8 Å². The lowest BCUT2D eigenvalue weighted by atomic mass is 9.94. The van der Waals surface area contributed by atoms with E-state index in [1.54, 1.807) is 11.3 Å². The van der Waals surface area contributed by atoms with Crippen molar-refractivity contribution in [3.8, 4) is 0 Å². The van der Waals surface area contributed by atoms with Crippen molar-refractivity contribution in [1.82, 2.24) is 19.6 Å². The molecule has 0 bridgehead atoms. The van der Waals surface area contributed by atoms with Crippen LogP contribution in [0.4, 0.5) is 0 Å². The van der Waals surface area contributed by atoms with Gasteiger partial charge in [0, 0.05) is 30.4 Å². The Morgan fingerprint density at radius 3 is 2.83 bits per heavy atom. The van der Waals surface area contributed by atoms with Gasteiger partial charge in [0.25, 0.3) is 0 Å². The van der Waals surface area contributed by atoms with Crippen LogP contribution in [-0.4, -0.2) is 45.9 Å². The molecule has 0 aromatic carbocycles. The first kappa shape index (κ1) is 17.4. The number of aromatic nitrogens is 2. The number of amides is 1. The first-order chi connectivity index (χ1) is 11.5. The molecule has 1 saturated heterocycles. The number of nitrogens with zero attached hydrogens (tertiary/aromatic N) is 3. The van der Waals surface area contributed by atoms with Gasteiger partial charge in [-0.3, -0.25) is 14.1 Å². The molecule has 0 aliphatic carbocycles. The smallest absolute Gasteiger partial charge is 0.226 e. The second kappa shape index (κ2) is 7.66. The monoisotopic (exact) mass is 348 g/mol. The third-order valence-electron chi connectivity index (χ3n) is 5.05. The number of thiazole rings is 1. The highest BCUT2D eigenvalue weighted by atomic mass is 32.1. The van der Waals surface area contributed by atoms with Gasteiger partial charge in [-0.15, -0.1) is 11.3 Å². The summed E-state index contributed by atoms with van der Waals surface area (Å²) in [4.78, 5) is 20.3. The number of carbonyl (C=O) groups excluding carboxylic acids is 1. The third kappa shape index (κ3) is 4.16. The molecular weight excluding hydrogens is 320 g/mol. The molecule has 2 aromatic heterocycles. The van der Waals surface area contributed by atoms with E-state index in [-0.39, 0.29) is 5.91 Å². The Bertz CT molecular complexity index is 641. The Morgan fingerprint density at radius 1 is 1.42 bits per heavy atom. The van der Waals surface area contributed by atoms with E-state index in [2.05, 4.69) is 36.0 Å². The molecule has 5 nitrogen and oxygen atoms in total. The van der Waals surface area contributed by atoms with Crippen LogP contribution in [-0.2, 0) is 11.2 Å². The average Bonchev–Trinajstić information content (AvgIpc) is 3.10. The highest BCUT2D eigenvalue weighted by Gasteiger charge is 2.26. The summed E-state index contributed by atoms with van der Waals surface area (Å²) in [5, 5.41) is 5.13. The Labute approximate surface area is 148 Å². The zero-order valence-electron chi connectivity index (χ0n) is 14.9. The van der Waals surface area contributed by atoms with E-state index in [4.69, 9.17) is 0 Å². The molecule has 3 heterocycles. The maximum Gasteiger partial charge on any atom is 0.226 e. The summed E-state index contributed by atoms with van der Waals surface area (Å²) in [6.07, 6.45) is 6.80. The third-order valence-corrected chi connectivity index (χ3v) is 5.82. The molecule has 3 rings (SSSR count). The normalized spacial score (nSPS) is 18.3. The fraction of sp³-hybridized carbons (Fsp3) is 0.667. The molecule has 1 atom stereocenters. The van der Waals surface area contributed by atoms with E-state index >= 15 is 0 Å². The standard InChI is InChI=1S/C18H28N4OS/c1-13(2)16(21-6-4-14(3)5-7-21)11-19-17(23)10-15-12-22-8-9-24-18(22)20-15/h8-9,12-14,16H,4-7,10-11H2,1-3H3,(H,19,23)/t16-/m1/s1. The molecule has 1 aliphatic heterocycles. The SMILES string of the molecule is CC1CCN([C@H](CNC(=O)Cc2cn3ccsc3n2)C(C)C)CC1. The van der Waals surface area contributed by atoms with E-state index < -0.39 is 0 Å². The van der Waals surface area contributed by atoms with Gasteiger partial charge in [0.05, 0.1) is 12.1 Å². The number of imidazole rings is 1. The minimum absolute atomic E-state index is 0.0665. The molecule has 6 heteroatoms. The molecule has 1 amide bonds. The van der Waals surface area contributed by atoms with Crippen molar-refractivity contribution >= 4 is 22.2 Å². The van der Waals surface area contributed by atoms with Gasteiger partial charge in [-0.05, 0) is 37.8 Å². The number of carbonyl (C=O) groups is 1. The van der Waals surface area contributed by atoms with Crippen LogP contribution in [0.25, 0.3) is 4.96 Å². The fourth-order valence-corrected chi connectivity index (χ4v) is 4.17. The van der Waals surface area contributed by atoms with Gasteiger partial charge < -0.3 is 5.32 Å².